The Hall–Kier alpha value is -1.42. The lowest BCUT2D eigenvalue weighted by atomic mass is 10.3. The van der Waals surface area contributed by atoms with Gasteiger partial charge in [0.25, 0.3) is 0 Å². The normalized spacial score (nSPS) is 9.69. The molecule has 0 aliphatic heterocycles. The summed E-state index contributed by atoms with van der Waals surface area (Å²) in [5, 5.41) is 35.1. The number of benzene rings is 1. The van der Waals surface area contributed by atoms with Crippen molar-refractivity contribution in [3.05, 3.63) is 12.1 Å². The highest BCUT2D eigenvalue weighted by atomic mass is 32.2. The first-order valence-corrected chi connectivity index (χ1v) is 11.9. The Morgan fingerprint density at radius 3 is 0.923 bits per heavy atom. The summed E-state index contributed by atoms with van der Waals surface area (Å²) in [6.45, 7) is 0. The van der Waals surface area contributed by atoms with Gasteiger partial charge >= 0.3 is 0 Å². The lowest BCUT2D eigenvalue weighted by Gasteiger charge is -2.15. The number of nitrogens with zero attached hydrogens (tertiary/aromatic N) is 4. The van der Waals surface area contributed by atoms with Gasteiger partial charge in [0, 0.05) is 68.3 Å². The molecule has 0 heterocycles. The van der Waals surface area contributed by atoms with Crippen molar-refractivity contribution in [2.75, 3.05) is 23.0 Å². The molecule has 0 spiro atoms. The average Bonchev–Trinajstić information content (AvgIpc) is 2.64. The third-order valence-corrected chi connectivity index (χ3v) is 7.38. The number of thioether (sulfide) groups is 4. The minimum absolute atomic E-state index is 0.489. The number of nitriles is 4. The molecule has 8 heteroatoms. The van der Waals surface area contributed by atoms with Crippen molar-refractivity contribution >= 4 is 47.0 Å². The minimum Gasteiger partial charge on any atom is -0.198 e. The van der Waals surface area contributed by atoms with Gasteiger partial charge in [0.15, 0.2) is 0 Å². The smallest absolute Gasteiger partial charge is 0.0630 e. The summed E-state index contributed by atoms with van der Waals surface area (Å²) in [4.78, 5) is 4.47. The summed E-state index contributed by atoms with van der Waals surface area (Å²) in [6, 6.07) is 12.9. The Morgan fingerprint density at radius 1 is 0.500 bits per heavy atom. The molecule has 0 amide bonds. The monoisotopic (exact) mass is 418 g/mol. The minimum atomic E-state index is 0.489. The Labute approximate surface area is 172 Å². The summed E-state index contributed by atoms with van der Waals surface area (Å²) in [7, 11) is 0. The predicted octanol–water partition coefficient (Wildman–Crippen LogP) is 5.71. The van der Waals surface area contributed by atoms with Gasteiger partial charge in [-0.05, 0) is 12.1 Å². The van der Waals surface area contributed by atoms with Crippen LogP contribution in [0, 0.1) is 45.3 Å². The van der Waals surface area contributed by atoms with Crippen molar-refractivity contribution in [2.24, 2.45) is 0 Å². The highest BCUT2D eigenvalue weighted by Gasteiger charge is 2.12. The molecule has 0 bridgehead atoms. The topological polar surface area (TPSA) is 95.2 Å². The van der Waals surface area contributed by atoms with Gasteiger partial charge in [-0.15, -0.1) is 47.0 Å². The molecular weight excluding hydrogens is 400 g/mol. The van der Waals surface area contributed by atoms with Gasteiger partial charge in [-0.2, -0.15) is 21.0 Å². The van der Waals surface area contributed by atoms with E-state index in [1.165, 1.54) is 0 Å². The van der Waals surface area contributed by atoms with Crippen LogP contribution in [0.1, 0.15) is 25.7 Å². The van der Waals surface area contributed by atoms with Crippen molar-refractivity contribution < 1.29 is 0 Å². The molecule has 1 aromatic rings. The average molecular weight is 419 g/mol. The first-order valence-electron chi connectivity index (χ1n) is 7.93. The van der Waals surface area contributed by atoms with Gasteiger partial charge in [0.2, 0.25) is 0 Å². The summed E-state index contributed by atoms with van der Waals surface area (Å²) in [5.41, 5.74) is 0. The first kappa shape index (κ1) is 22.6. The molecule has 0 N–H and O–H groups in total. The van der Waals surface area contributed by atoms with E-state index in [2.05, 4.69) is 36.4 Å². The molecule has 4 nitrogen and oxygen atoms in total. The van der Waals surface area contributed by atoms with Crippen LogP contribution in [0.4, 0.5) is 0 Å². The maximum absolute atomic E-state index is 8.78. The van der Waals surface area contributed by atoms with E-state index in [1.54, 1.807) is 47.0 Å². The highest BCUT2D eigenvalue weighted by molar-refractivity contribution is 8.03. The van der Waals surface area contributed by atoms with Crippen molar-refractivity contribution in [1.82, 2.24) is 0 Å². The van der Waals surface area contributed by atoms with Crippen LogP contribution < -0.4 is 0 Å². The Kier molecular flexibility index (Phi) is 12.8. The van der Waals surface area contributed by atoms with E-state index in [0.29, 0.717) is 25.7 Å². The molecule has 1 aromatic carbocycles. The molecule has 0 atom stereocenters. The van der Waals surface area contributed by atoms with Crippen LogP contribution in [0.5, 0.6) is 0 Å². The fourth-order valence-electron chi connectivity index (χ4n) is 1.80. The molecule has 0 aromatic heterocycles. The van der Waals surface area contributed by atoms with Gasteiger partial charge in [0.05, 0.1) is 24.3 Å². The van der Waals surface area contributed by atoms with Crippen LogP contribution in [-0.4, -0.2) is 23.0 Å². The fourth-order valence-corrected chi connectivity index (χ4v) is 5.92. The summed E-state index contributed by atoms with van der Waals surface area (Å²) in [5.74, 6) is 2.91. The standard InChI is InChI=1S/C18H18N4S4/c19-5-1-9-23-15-13-17(25-11-3-7-21)18(26-12-4-8-22)14-16(15)24-10-2-6-20/h13-14H,1-4,9-12H2. The Bertz CT molecular complexity index is 616. The third-order valence-electron chi connectivity index (χ3n) is 2.90. The van der Waals surface area contributed by atoms with E-state index < -0.39 is 0 Å². The van der Waals surface area contributed by atoms with Crippen LogP contribution in [0.2, 0.25) is 0 Å². The molecule has 0 unspecified atom stereocenters. The summed E-state index contributed by atoms with van der Waals surface area (Å²) in [6.07, 6.45) is 1.95. The molecule has 0 saturated carbocycles. The van der Waals surface area contributed by atoms with Crippen molar-refractivity contribution in [3.8, 4) is 24.3 Å². The van der Waals surface area contributed by atoms with Crippen LogP contribution in [0.3, 0.4) is 0 Å². The summed E-state index contributed by atoms with van der Waals surface area (Å²) >= 11 is 6.62. The van der Waals surface area contributed by atoms with Crippen LogP contribution >= 0.6 is 47.0 Å². The van der Waals surface area contributed by atoms with E-state index in [1.807, 2.05) is 0 Å². The van der Waals surface area contributed by atoms with Crippen molar-refractivity contribution in [2.45, 2.75) is 45.3 Å². The van der Waals surface area contributed by atoms with Crippen LogP contribution in [-0.2, 0) is 0 Å². The zero-order valence-corrected chi connectivity index (χ0v) is 17.5. The molecule has 1 rings (SSSR count). The number of rotatable bonds is 12. The maximum Gasteiger partial charge on any atom is 0.0630 e. The van der Waals surface area contributed by atoms with Crippen molar-refractivity contribution in [1.29, 1.82) is 21.0 Å². The molecular formula is C18H18N4S4. The largest absolute Gasteiger partial charge is 0.198 e. The third kappa shape index (κ3) is 8.79. The quantitative estimate of drug-likeness (QED) is 0.314. The second kappa shape index (κ2) is 14.7. The second-order valence-corrected chi connectivity index (χ2v) is 9.32. The Balaban J connectivity index is 3.07. The zero-order chi connectivity index (χ0) is 19.0. The van der Waals surface area contributed by atoms with E-state index >= 15 is 0 Å². The molecule has 0 radical (unpaired) electrons. The SMILES string of the molecule is N#CCCSc1cc(SCCC#N)c(SCCC#N)cc1SCCC#N. The van der Waals surface area contributed by atoms with Crippen molar-refractivity contribution in [3.63, 3.8) is 0 Å². The molecule has 134 valence electrons. The van der Waals surface area contributed by atoms with E-state index in [-0.39, 0.29) is 0 Å². The predicted molar refractivity (Wildman–Crippen MR) is 110 cm³/mol. The van der Waals surface area contributed by atoms with E-state index in [4.69, 9.17) is 21.0 Å². The van der Waals surface area contributed by atoms with Gasteiger partial charge in [-0.1, -0.05) is 0 Å². The van der Waals surface area contributed by atoms with E-state index in [9.17, 15) is 0 Å². The summed E-state index contributed by atoms with van der Waals surface area (Å²) < 4.78 is 0. The van der Waals surface area contributed by atoms with Gasteiger partial charge in [0.1, 0.15) is 0 Å². The number of hydrogen-bond donors (Lipinski definition) is 0. The Morgan fingerprint density at radius 2 is 0.731 bits per heavy atom. The van der Waals surface area contributed by atoms with E-state index in [0.717, 1.165) is 42.6 Å². The molecule has 26 heavy (non-hydrogen) atoms. The lowest BCUT2D eigenvalue weighted by Crippen LogP contribution is -1.91. The fraction of sp³-hybridized carbons (Fsp3) is 0.444. The maximum atomic E-state index is 8.78. The first-order chi connectivity index (χ1) is 12.8. The number of hydrogen-bond acceptors (Lipinski definition) is 8. The van der Waals surface area contributed by atoms with Gasteiger partial charge in [-0.25, -0.2) is 0 Å². The molecule has 0 saturated heterocycles. The van der Waals surface area contributed by atoms with Crippen LogP contribution in [0.15, 0.2) is 31.7 Å². The molecule has 0 aliphatic rings. The zero-order valence-electron chi connectivity index (χ0n) is 14.2. The molecule has 0 aliphatic carbocycles. The van der Waals surface area contributed by atoms with Crippen LogP contribution in [0.25, 0.3) is 0 Å². The molecule has 0 fully saturated rings. The lowest BCUT2D eigenvalue weighted by molar-refractivity contribution is 1.07. The van der Waals surface area contributed by atoms with Gasteiger partial charge < -0.3 is 0 Å². The second-order valence-electron chi connectivity index (χ2n) is 4.77. The van der Waals surface area contributed by atoms with Gasteiger partial charge in [-0.3, -0.25) is 0 Å². The highest BCUT2D eigenvalue weighted by Crippen LogP contribution is 2.41.